The van der Waals surface area contributed by atoms with Crippen molar-refractivity contribution in [1.82, 2.24) is 5.32 Å². The molecule has 0 unspecified atom stereocenters. The van der Waals surface area contributed by atoms with Crippen LogP contribution in [0.25, 0.3) is 0 Å². The van der Waals surface area contributed by atoms with Crippen LogP contribution in [0.3, 0.4) is 0 Å². The maximum Gasteiger partial charge on any atom is 0.220 e. The summed E-state index contributed by atoms with van der Waals surface area (Å²) in [6, 6.07) is 8.10. The summed E-state index contributed by atoms with van der Waals surface area (Å²) in [6.07, 6.45) is 3.82. The molecule has 0 aromatic heterocycles. The Bertz CT molecular complexity index is 436. The van der Waals surface area contributed by atoms with Crippen molar-refractivity contribution in [2.45, 2.75) is 38.6 Å². The lowest BCUT2D eigenvalue weighted by molar-refractivity contribution is -0.122. The first-order chi connectivity index (χ1) is 9.65. The average Bonchev–Trinajstić information content (AvgIpc) is 2.82. The molecule has 0 spiro atoms. The van der Waals surface area contributed by atoms with Gasteiger partial charge in [0.15, 0.2) is 0 Å². The standard InChI is InChI=1S/C16H24N2O2.ClH/c1-12-5-7-14(8-6-12)20-10-9-18-16(19)11-13-3-2-4-15(13)17;/h5-8,13,15H,2-4,9-11,17H2,1H3,(H,18,19);1H/t13-,15+;/m0./s1. The minimum absolute atomic E-state index is 0. The van der Waals surface area contributed by atoms with E-state index in [0.717, 1.165) is 25.0 Å². The van der Waals surface area contributed by atoms with Crippen molar-refractivity contribution < 1.29 is 9.53 Å². The van der Waals surface area contributed by atoms with E-state index in [9.17, 15) is 4.79 Å². The van der Waals surface area contributed by atoms with E-state index in [1.807, 2.05) is 31.2 Å². The highest BCUT2D eigenvalue weighted by atomic mass is 35.5. The molecule has 0 radical (unpaired) electrons. The number of halogens is 1. The van der Waals surface area contributed by atoms with E-state index in [4.69, 9.17) is 10.5 Å². The third-order valence-electron chi connectivity index (χ3n) is 3.88. The fourth-order valence-corrected chi connectivity index (χ4v) is 2.62. The molecule has 5 heteroatoms. The van der Waals surface area contributed by atoms with Crippen molar-refractivity contribution in [2.75, 3.05) is 13.2 Å². The summed E-state index contributed by atoms with van der Waals surface area (Å²) in [5, 5.41) is 2.89. The summed E-state index contributed by atoms with van der Waals surface area (Å²) >= 11 is 0. The maximum absolute atomic E-state index is 11.8. The molecular formula is C16H25ClN2O2. The number of ether oxygens (including phenoxy) is 1. The van der Waals surface area contributed by atoms with Gasteiger partial charge in [0.1, 0.15) is 12.4 Å². The van der Waals surface area contributed by atoms with Crippen molar-refractivity contribution in [1.29, 1.82) is 0 Å². The first kappa shape index (κ1) is 17.8. The molecule has 2 atom stereocenters. The highest BCUT2D eigenvalue weighted by molar-refractivity contribution is 5.85. The monoisotopic (exact) mass is 312 g/mol. The topological polar surface area (TPSA) is 64.3 Å². The Hall–Kier alpha value is -1.26. The van der Waals surface area contributed by atoms with Gasteiger partial charge in [-0.1, -0.05) is 24.1 Å². The van der Waals surface area contributed by atoms with Crippen LogP contribution in [-0.2, 0) is 4.79 Å². The molecule has 1 fully saturated rings. The number of benzene rings is 1. The lowest BCUT2D eigenvalue weighted by Crippen LogP contribution is -2.33. The first-order valence-corrected chi connectivity index (χ1v) is 7.37. The summed E-state index contributed by atoms with van der Waals surface area (Å²) in [6.45, 7) is 3.07. The van der Waals surface area contributed by atoms with Gasteiger partial charge in [-0.15, -0.1) is 12.4 Å². The minimum Gasteiger partial charge on any atom is -0.492 e. The van der Waals surface area contributed by atoms with Crippen molar-refractivity contribution in [3.63, 3.8) is 0 Å². The average molecular weight is 313 g/mol. The molecule has 2 rings (SSSR count). The number of carbonyl (C=O) groups excluding carboxylic acids is 1. The molecule has 0 heterocycles. The second-order valence-corrected chi connectivity index (χ2v) is 5.57. The zero-order chi connectivity index (χ0) is 14.4. The Morgan fingerprint density at radius 2 is 2.05 bits per heavy atom. The fourth-order valence-electron chi connectivity index (χ4n) is 2.62. The molecule has 1 aromatic rings. The molecule has 1 saturated carbocycles. The Morgan fingerprint density at radius 3 is 2.67 bits per heavy atom. The van der Waals surface area contributed by atoms with E-state index in [2.05, 4.69) is 5.32 Å². The summed E-state index contributed by atoms with van der Waals surface area (Å²) in [5.41, 5.74) is 7.17. The largest absolute Gasteiger partial charge is 0.492 e. The van der Waals surface area contributed by atoms with Gasteiger partial charge in [-0.3, -0.25) is 4.79 Å². The van der Waals surface area contributed by atoms with E-state index >= 15 is 0 Å². The van der Waals surface area contributed by atoms with Crippen LogP contribution in [0.2, 0.25) is 0 Å². The highest BCUT2D eigenvalue weighted by Crippen LogP contribution is 2.26. The number of rotatable bonds is 6. The second-order valence-electron chi connectivity index (χ2n) is 5.57. The minimum atomic E-state index is 0. The van der Waals surface area contributed by atoms with E-state index in [1.165, 1.54) is 5.56 Å². The Kier molecular flexibility index (Phi) is 7.54. The number of carbonyl (C=O) groups is 1. The molecule has 21 heavy (non-hydrogen) atoms. The van der Waals surface area contributed by atoms with Crippen LogP contribution in [0.1, 0.15) is 31.2 Å². The Balaban J connectivity index is 0.00000220. The number of amides is 1. The van der Waals surface area contributed by atoms with Crippen molar-refractivity contribution in [3.8, 4) is 5.75 Å². The van der Waals surface area contributed by atoms with Crippen molar-refractivity contribution in [2.24, 2.45) is 11.7 Å². The van der Waals surface area contributed by atoms with Crippen LogP contribution in [0.5, 0.6) is 5.75 Å². The molecule has 0 saturated heterocycles. The molecular weight excluding hydrogens is 288 g/mol. The van der Waals surface area contributed by atoms with Crippen LogP contribution in [0.15, 0.2) is 24.3 Å². The summed E-state index contributed by atoms with van der Waals surface area (Å²) in [5.74, 6) is 1.27. The Labute approximate surface area is 132 Å². The number of aryl methyl sites for hydroxylation is 1. The molecule has 3 N–H and O–H groups in total. The smallest absolute Gasteiger partial charge is 0.220 e. The van der Waals surface area contributed by atoms with E-state index in [1.54, 1.807) is 0 Å². The second kappa shape index (κ2) is 8.90. The molecule has 1 aliphatic rings. The number of hydrogen-bond donors (Lipinski definition) is 2. The van der Waals surface area contributed by atoms with Gasteiger partial charge in [-0.25, -0.2) is 0 Å². The summed E-state index contributed by atoms with van der Waals surface area (Å²) < 4.78 is 5.56. The third kappa shape index (κ3) is 5.94. The van der Waals surface area contributed by atoms with E-state index < -0.39 is 0 Å². The van der Waals surface area contributed by atoms with E-state index in [-0.39, 0.29) is 24.4 Å². The number of nitrogens with one attached hydrogen (secondary N) is 1. The van der Waals surface area contributed by atoms with Gasteiger partial charge in [0.05, 0.1) is 6.54 Å². The predicted molar refractivity (Wildman–Crippen MR) is 86.9 cm³/mol. The predicted octanol–water partition coefficient (Wildman–Crippen LogP) is 2.43. The summed E-state index contributed by atoms with van der Waals surface area (Å²) in [4.78, 5) is 11.8. The number of hydrogen-bond acceptors (Lipinski definition) is 3. The van der Waals surface area contributed by atoms with Gasteiger partial charge in [0, 0.05) is 12.5 Å². The van der Waals surface area contributed by atoms with E-state index in [0.29, 0.717) is 25.5 Å². The molecule has 1 aromatic carbocycles. The van der Waals surface area contributed by atoms with Crippen LogP contribution in [0, 0.1) is 12.8 Å². The number of nitrogens with two attached hydrogens (primary N) is 1. The van der Waals surface area contributed by atoms with Crippen molar-refractivity contribution >= 4 is 18.3 Å². The van der Waals surface area contributed by atoms with Crippen LogP contribution in [0.4, 0.5) is 0 Å². The van der Waals surface area contributed by atoms with Gasteiger partial charge < -0.3 is 15.8 Å². The fraction of sp³-hybridized carbons (Fsp3) is 0.562. The quantitative estimate of drug-likeness (QED) is 0.793. The van der Waals surface area contributed by atoms with Gasteiger partial charge >= 0.3 is 0 Å². The zero-order valence-electron chi connectivity index (χ0n) is 12.5. The Morgan fingerprint density at radius 1 is 1.33 bits per heavy atom. The van der Waals surface area contributed by atoms with Gasteiger partial charge in [0.2, 0.25) is 5.91 Å². The van der Waals surface area contributed by atoms with Crippen LogP contribution >= 0.6 is 12.4 Å². The molecule has 1 aliphatic carbocycles. The highest BCUT2D eigenvalue weighted by Gasteiger charge is 2.25. The maximum atomic E-state index is 11.8. The van der Waals surface area contributed by atoms with Gasteiger partial charge in [-0.05, 0) is 37.8 Å². The lowest BCUT2D eigenvalue weighted by atomic mass is 10.00. The third-order valence-corrected chi connectivity index (χ3v) is 3.88. The van der Waals surface area contributed by atoms with Crippen molar-refractivity contribution in [3.05, 3.63) is 29.8 Å². The first-order valence-electron chi connectivity index (χ1n) is 7.37. The molecule has 118 valence electrons. The van der Waals surface area contributed by atoms with Crippen LogP contribution < -0.4 is 15.8 Å². The van der Waals surface area contributed by atoms with Gasteiger partial charge in [-0.2, -0.15) is 0 Å². The molecule has 0 aliphatic heterocycles. The van der Waals surface area contributed by atoms with Gasteiger partial charge in [0.25, 0.3) is 0 Å². The molecule has 1 amide bonds. The lowest BCUT2D eigenvalue weighted by Gasteiger charge is -2.14. The normalized spacial score (nSPS) is 20.7. The summed E-state index contributed by atoms with van der Waals surface area (Å²) in [7, 11) is 0. The zero-order valence-corrected chi connectivity index (χ0v) is 13.3. The molecule has 4 nitrogen and oxygen atoms in total. The van der Waals surface area contributed by atoms with Crippen LogP contribution in [-0.4, -0.2) is 25.1 Å². The SMILES string of the molecule is Cc1ccc(OCCNC(=O)C[C@@H]2CCC[C@H]2N)cc1.Cl. The molecule has 0 bridgehead atoms.